The lowest BCUT2D eigenvalue weighted by Crippen LogP contribution is -1.83. The highest BCUT2D eigenvalue weighted by Crippen LogP contribution is 2.46. The molecule has 2 aliphatic heterocycles. The largest absolute Gasteiger partial charge is 0.324 e. The van der Waals surface area contributed by atoms with Crippen molar-refractivity contribution in [3.05, 3.63) is 92.9 Å². The van der Waals surface area contributed by atoms with Crippen LogP contribution in [0.3, 0.4) is 0 Å². The van der Waals surface area contributed by atoms with E-state index in [4.69, 9.17) is 76.3 Å². The van der Waals surface area contributed by atoms with Crippen LogP contribution in [0.4, 0.5) is 0 Å². The van der Waals surface area contributed by atoms with E-state index in [1.54, 1.807) is 0 Å². The van der Waals surface area contributed by atoms with Crippen molar-refractivity contribution in [2.24, 2.45) is 0 Å². The number of nitrogens with zero attached hydrogens (tertiary/aromatic N) is 6. The van der Waals surface area contributed by atoms with Crippen molar-refractivity contribution < 1.29 is 0 Å². The van der Waals surface area contributed by atoms with Gasteiger partial charge >= 0.3 is 0 Å². The van der Waals surface area contributed by atoms with Gasteiger partial charge in [0, 0.05) is 33.0 Å². The van der Waals surface area contributed by atoms with Crippen LogP contribution in [0.25, 0.3) is 89.7 Å². The van der Waals surface area contributed by atoms with Crippen LogP contribution in [0.15, 0.2) is 72.8 Å². The topological polar surface area (TPSA) is 109 Å². The molecule has 0 atom stereocenters. The molecule has 0 unspecified atom stereocenters. The van der Waals surface area contributed by atoms with Crippen molar-refractivity contribution in [1.29, 1.82) is 0 Å². The fourth-order valence-corrected chi connectivity index (χ4v) is 6.78. The lowest BCUT2D eigenvalue weighted by Gasteiger charge is -2.04. The normalized spacial score (nSPS) is 11.6. The summed E-state index contributed by atoms with van der Waals surface area (Å²) in [6, 6.07) is 23.4. The molecule has 0 amide bonds. The first-order chi connectivity index (χ1) is 21.5. The van der Waals surface area contributed by atoms with Crippen LogP contribution in [0, 0.1) is 0 Å². The zero-order valence-corrected chi connectivity index (χ0v) is 26.4. The standard InChI is InChI=1S/C32H14Cl4N8.Al.ClH.3H/c33-21-19-20(22(34)24(36)23(21)35)32-43-30-18-12-6-4-10-16(18)28(41-30)39-26-14-8-2-1-7-13(14)25(37-26)38-27-15-9-3-5-11-17(15)29(40-27)42-31(19)44-32;;;;;/h1-12H,(H2,37,38,39,40,41,42,43,44);;1H;;;. The molecule has 0 spiro atoms. The van der Waals surface area contributed by atoms with Crippen molar-refractivity contribution in [1.82, 2.24) is 39.9 Å². The summed E-state index contributed by atoms with van der Waals surface area (Å²) in [6.07, 6.45) is 0. The third-order valence-corrected chi connectivity index (χ3v) is 9.57. The minimum atomic E-state index is 0. The van der Waals surface area contributed by atoms with Crippen LogP contribution in [0.1, 0.15) is 0 Å². The van der Waals surface area contributed by atoms with Crippen LogP contribution >= 0.6 is 58.8 Å². The molecule has 7 aromatic rings. The van der Waals surface area contributed by atoms with Crippen LogP contribution in [0.5, 0.6) is 0 Å². The lowest BCUT2D eigenvalue weighted by molar-refractivity contribution is 1.19. The molecule has 0 saturated heterocycles. The van der Waals surface area contributed by atoms with E-state index in [0.717, 1.165) is 33.0 Å². The molecule has 0 saturated carbocycles. The zero-order valence-electron chi connectivity index (χ0n) is 22.5. The van der Waals surface area contributed by atoms with E-state index in [1.165, 1.54) is 0 Å². The zero-order chi connectivity index (χ0) is 29.7. The first-order valence-corrected chi connectivity index (χ1v) is 14.9. The van der Waals surface area contributed by atoms with E-state index in [-0.39, 0.29) is 49.9 Å². The molecule has 8 bridgehead atoms. The average Bonchev–Trinajstić information content (AvgIpc) is 3.78. The second-order valence-corrected chi connectivity index (χ2v) is 11.8. The molecule has 2 aliphatic rings. The van der Waals surface area contributed by atoms with E-state index in [2.05, 4.69) is 9.97 Å². The summed E-state index contributed by atoms with van der Waals surface area (Å²) in [4.78, 5) is 36.3. The summed E-state index contributed by atoms with van der Waals surface area (Å²) in [6.45, 7) is 0. The molecule has 46 heavy (non-hydrogen) atoms. The minimum absolute atomic E-state index is 0. The monoisotopic (exact) mass is 716 g/mol. The summed E-state index contributed by atoms with van der Waals surface area (Å²) in [7, 11) is 0. The van der Waals surface area contributed by atoms with Crippen molar-refractivity contribution in [3.8, 4) is 45.6 Å². The van der Waals surface area contributed by atoms with Gasteiger partial charge in [0.25, 0.3) is 0 Å². The smallest absolute Gasteiger partial charge is 0.187 e. The number of hydrogen-bond acceptors (Lipinski definition) is 6. The van der Waals surface area contributed by atoms with Crippen LogP contribution in [-0.4, -0.2) is 57.2 Å². The third-order valence-electron chi connectivity index (χ3n) is 7.76. The number of rotatable bonds is 0. The van der Waals surface area contributed by atoms with Gasteiger partial charge in [-0.25, -0.2) is 29.9 Å². The first-order valence-electron chi connectivity index (χ1n) is 13.4. The van der Waals surface area contributed by atoms with E-state index < -0.39 is 0 Å². The minimum Gasteiger partial charge on any atom is -0.324 e. The number of halogens is 5. The van der Waals surface area contributed by atoms with E-state index in [0.29, 0.717) is 56.7 Å². The second-order valence-electron chi connectivity index (χ2n) is 10.3. The first kappa shape index (κ1) is 30.9. The highest BCUT2D eigenvalue weighted by molar-refractivity contribution is 6.56. The van der Waals surface area contributed by atoms with Crippen molar-refractivity contribution in [3.63, 3.8) is 0 Å². The highest BCUT2D eigenvalue weighted by Gasteiger charge is 2.25. The molecule has 14 heteroatoms. The Balaban J connectivity index is 0.00000169. The molecule has 2 N–H and O–H groups in total. The molecule has 0 aliphatic carbocycles. The molecule has 0 radical (unpaired) electrons. The Labute approximate surface area is 296 Å². The number of nitrogens with one attached hydrogen (secondary N) is 2. The summed E-state index contributed by atoms with van der Waals surface area (Å²) in [5.74, 6) is 1.85. The van der Waals surface area contributed by atoms with Gasteiger partial charge in [0.15, 0.2) is 40.7 Å². The van der Waals surface area contributed by atoms with Gasteiger partial charge in [-0.1, -0.05) is 119 Å². The number of H-pyrrole nitrogens is 2. The Morgan fingerprint density at radius 1 is 0.391 bits per heavy atom. The third kappa shape index (κ3) is 4.50. The number of aromatic amines is 2. The second kappa shape index (κ2) is 11.5. The van der Waals surface area contributed by atoms with Gasteiger partial charge in [-0.15, -0.1) is 12.4 Å². The molecular weight excluding hydrogens is 701 g/mol. The highest BCUT2D eigenvalue weighted by atomic mass is 35.5. The fourth-order valence-electron chi connectivity index (χ4n) is 5.75. The van der Waals surface area contributed by atoms with Crippen molar-refractivity contribution in [2.45, 2.75) is 0 Å². The number of fused-ring (bicyclic) bond motifs is 20. The maximum Gasteiger partial charge on any atom is 0.187 e. The number of benzene rings is 4. The molecule has 0 fully saturated rings. The predicted molar refractivity (Wildman–Crippen MR) is 193 cm³/mol. The van der Waals surface area contributed by atoms with E-state index >= 15 is 0 Å². The maximum absolute atomic E-state index is 6.80. The lowest BCUT2D eigenvalue weighted by atomic mass is 10.1. The van der Waals surface area contributed by atoms with Crippen LogP contribution in [-0.2, 0) is 0 Å². The van der Waals surface area contributed by atoms with Gasteiger partial charge in [0.05, 0.1) is 30.9 Å². The summed E-state index contributed by atoms with van der Waals surface area (Å²) in [5.41, 5.74) is 5.20. The summed E-state index contributed by atoms with van der Waals surface area (Å²) in [5, 5.41) is 3.31. The Morgan fingerprint density at radius 3 is 1.07 bits per heavy atom. The molecule has 224 valence electrons. The molecule has 8 nitrogen and oxygen atoms in total. The van der Waals surface area contributed by atoms with Crippen molar-refractivity contribution in [2.75, 3.05) is 0 Å². The van der Waals surface area contributed by atoms with E-state index in [1.807, 2.05) is 72.8 Å². The predicted octanol–water partition coefficient (Wildman–Crippen LogP) is 8.72. The molecule has 9 rings (SSSR count). The van der Waals surface area contributed by atoms with Gasteiger partial charge in [-0.3, -0.25) is 0 Å². The molecular formula is C32H18AlCl5N8. The number of aromatic nitrogens is 8. The van der Waals surface area contributed by atoms with E-state index in [9.17, 15) is 0 Å². The van der Waals surface area contributed by atoms with Crippen LogP contribution in [0.2, 0.25) is 20.1 Å². The van der Waals surface area contributed by atoms with Gasteiger partial charge in [0.2, 0.25) is 0 Å². The van der Waals surface area contributed by atoms with Gasteiger partial charge in [-0.2, -0.15) is 0 Å². The maximum atomic E-state index is 6.80. The quantitative estimate of drug-likeness (QED) is 0.0923. The van der Waals surface area contributed by atoms with Crippen LogP contribution < -0.4 is 0 Å². The Morgan fingerprint density at radius 2 is 0.696 bits per heavy atom. The summed E-state index contributed by atoms with van der Waals surface area (Å²) >= 11 is 26.7. The molecule has 5 heterocycles. The fraction of sp³-hybridized carbons (Fsp3) is 0. The Hall–Kier alpha value is -3.78. The van der Waals surface area contributed by atoms with Crippen molar-refractivity contribution >= 4 is 120 Å². The molecule has 4 aromatic carbocycles. The average molecular weight is 719 g/mol. The van der Waals surface area contributed by atoms with Gasteiger partial charge in [0.1, 0.15) is 22.6 Å². The number of hydrogen-bond donors (Lipinski definition) is 2. The SMILES string of the molecule is Cl.Clc1c(Cl)c(Cl)c2c3nc4nc(nc5[nH]c(nc6nc(nc([nH]3)c2c1Cl)-c1ccccc1-6)c1ccccc51)-c1ccccc1-4.[AlH3]. The van der Waals surface area contributed by atoms with Gasteiger partial charge in [-0.05, 0) is 0 Å². The molecule has 3 aromatic heterocycles. The Bertz CT molecular complexity index is 2410. The Kier molecular flexibility index (Phi) is 7.70. The summed E-state index contributed by atoms with van der Waals surface area (Å²) < 4.78 is 0. The van der Waals surface area contributed by atoms with Gasteiger partial charge < -0.3 is 9.97 Å².